The summed E-state index contributed by atoms with van der Waals surface area (Å²) in [4.78, 5) is 0. The van der Waals surface area contributed by atoms with Crippen LogP contribution in [0.5, 0.6) is 0 Å². The Hall–Kier alpha value is -6.96. The van der Waals surface area contributed by atoms with Crippen LogP contribution in [-0.2, 0) is 17.3 Å². The highest BCUT2D eigenvalue weighted by Crippen LogP contribution is 2.62. The van der Waals surface area contributed by atoms with Crippen molar-refractivity contribution < 1.29 is 0 Å². The lowest BCUT2D eigenvalue weighted by Gasteiger charge is -2.46. The molecule has 0 atom stereocenters. The highest BCUT2D eigenvalue weighted by Gasteiger charge is 2.53. The highest BCUT2D eigenvalue weighted by atomic mass is 14.6. The molecular weight excluding hydrogens is 699 g/mol. The summed E-state index contributed by atoms with van der Waals surface area (Å²) in [6.07, 6.45) is 5.20. The molecule has 10 rings (SSSR count). The van der Waals surface area contributed by atoms with Crippen LogP contribution in [0.3, 0.4) is 0 Å². The normalized spacial score (nSPS) is 14.7. The summed E-state index contributed by atoms with van der Waals surface area (Å²) in [7, 11) is 0. The van der Waals surface area contributed by atoms with E-state index in [9.17, 15) is 0 Å². The molecule has 0 heterocycles. The molecule has 8 aromatic rings. The van der Waals surface area contributed by atoms with Gasteiger partial charge < -0.3 is 5.73 Å². The predicted molar refractivity (Wildman–Crippen MR) is 243 cm³/mol. The molecule has 0 saturated carbocycles. The van der Waals surface area contributed by atoms with Crippen LogP contribution >= 0.6 is 0 Å². The molecule has 0 saturated heterocycles. The van der Waals surface area contributed by atoms with Crippen LogP contribution in [0.1, 0.15) is 63.9 Å². The third kappa shape index (κ3) is 5.77. The van der Waals surface area contributed by atoms with Crippen molar-refractivity contribution in [1.29, 1.82) is 0 Å². The quantitative estimate of drug-likeness (QED) is 0.162. The fourth-order valence-electron chi connectivity index (χ4n) is 9.74. The van der Waals surface area contributed by atoms with E-state index in [0.29, 0.717) is 0 Å². The van der Waals surface area contributed by atoms with E-state index in [1.807, 2.05) is 6.07 Å². The van der Waals surface area contributed by atoms with E-state index in [4.69, 9.17) is 5.73 Å². The number of hydrogen-bond acceptors (Lipinski definition) is 1. The first kappa shape index (κ1) is 35.5. The summed E-state index contributed by atoms with van der Waals surface area (Å²) in [5, 5.41) is 0. The van der Waals surface area contributed by atoms with Gasteiger partial charge in [0.05, 0.1) is 5.41 Å². The molecule has 2 N–H and O–H groups in total. The second-order valence-corrected chi connectivity index (χ2v) is 16.2. The molecule has 8 aromatic carbocycles. The van der Waals surface area contributed by atoms with Crippen LogP contribution in [0.2, 0.25) is 0 Å². The average Bonchev–Trinajstić information content (AvgIpc) is 3.58. The van der Waals surface area contributed by atoms with Crippen molar-refractivity contribution >= 4 is 11.3 Å². The Labute approximate surface area is 342 Å². The minimum Gasteiger partial charge on any atom is -0.398 e. The van der Waals surface area contributed by atoms with Gasteiger partial charge in [0.2, 0.25) is 0 Å². The summed E-state index contributed by atoms with van der Waals surface area (Å²) in [6.45, 7) is 4.75. The molecule has 0 bridgehead atoms. The second-order valence-electron chi connectivity index (χ2n) is 16.2. The number of nitrogens with two attached hydrogens (primary N) is 1. The summed E-state index contributed by atoms with van der Waals surface area (Å²) in [5.41, 5.74) is 27.3. The summed E-state index contributed by atoms with van der Waals surface area (Å²) in [5.74, 6) is 0. The number of fused-ring (bicyclic) bond motifs is 9. The van der Waals surface area contributed by atoms with Crippen molar-refractivity contribution in [2.45, 2.75) is 31.1 Å². The zero-order valence-corrected chi connectivity index (χ0v) is 33.0. The van der Waals surface area contributed by atoms with Crippen LogP contribution in [-0.4, -0.2) is 0 Å². The standard InChI is InChI=1S/C57H45N/c1-56(2)51-21-11-13-23-53(51)57(54-24-14-12-22-52(54)56)49-20-10-9-19-47(49)48-37-45(35-36-50(48)57)43-29-27-41(28-30-43)42-31-33-44(34-32-42)55(58)38-46(40-17-7-4-8-18-40)26-25-39-15-5-3-6-16-39/h3-24,26-38H,25,58H2,1-2H3/b46-26+,55-38-. The second kappa shape index (κ2) is 14.2. The molecule has 1 heteroatoms. The molecule has 0 aromatic heterocycles. The fourth-order valence-corrected chi connectivity index (χ4v) is 9.74. The molecule has 58 heavy (non-hydrogen) atoms. The molecular formula is C57H45N. The topological polar surface area (TPSA) is 26.0 Å². The maximum Gasteiger partial charge on any atom is 0.0719 e. The highest BCUT2D eigenvalue weighted by molar-refractivity contribution is 5.91. The van der Waals surface area contributed by atoms with Crippen LogP contribution < -0.4 is 5.73 Å². The third-order valence-electron chi connectivity index (χ3n) is 12.6. The van der Waals surface area contributed by atoms with E-state index >= 15 is 0 Å². The van der Waals surface area contributed by atoms with Crippen molar-refractivity contribution in [2.75, 3.05) is 0 Å². The fraction of sp³-hybridized carbons (Fsp3) is 0.0877. The van der Waals surface area contributed by atoms with Gasteiger partial charge in [-0.3, -0.25) is 0 Å². The number of benzene rings is 8. The largest absolute Gasteiger partial charge is 0.398 e. The van der Waals surface area contributed by atoms with Crippen molar-refractivity contribution in [3.8, 4) is 33.4 Å². The van der Waals surface area contributed by atoms with Crippen LogP contribution in [0, 0.1) is 0 Å². The molecule has 1 nitrogen and oxygen atoms in total. The number of allylic oxidation sites excluding steroid dienone is 3. The Morgan fingerprint density at radius 3 is 1.52 bits per heavy atom. The van der Waals surface area contributed by atoms with Crippen molar-refractivity contribution in [1.82, 2.24) is 0 Å². The van der Waals surface area contributed by atoms with E-state index in [1.165, 1.54) is 66.8 Å². The zero-order valence-electron chi connectivity index (χ0n) is 33.0. The lowest BCUT2D eigenvalue weighted by molar-refractivity contribution is 0.563. The monoisotopic (exact) mass is 743 g/mol. The Morgan fingerprint density at radius 1 is 0.431 bits per heavy atom. The van der Waals surface area contributed by atoms with Gasteiger partial charge in [-0.2, -0.15) is 0 Å². The number of rotatable bonds is 7. The summed E-state index contributed by atoms with van der Waals surface area (Å²) < 4.78 is 0. The summed E-state index contributed by atoms with van der Waals surface area (Å²) >= 11 is 0. The smallest absolute Gasteiger partial charge is 0.0719 e. The third-order valence-corrected chi connectivity index (χ3v) is 12.6. The molecule has 2 aliphatic rings. The van der Waals surface area contributed by atoms with Gasteiger partial charge in [-0.25, -0.2) is 0 Å². The molecule has 278 valence electrons. The Balaban J connectivity index is 0.963. The van der Waals surface area contributed by atoms with Crippen LogP contribution in [0.15, 0.2) is 212 Å². The van der Waals surface area contributed by atoms with Gasteiger partial charge in [-0.15, -0.1) is 0 Å². The van der Waals surface area contributed by atoms with Gasteiger partial charge in [-0.1, -0.05) is 214 Å². The van der Waals surface area contributed by atoms with Gasteiger partial charge >= 0.3 is 0 Å². The molecule has 0 radical (unpaired) electrons. The predicted octanol–water partition coefficient (Wildman–Crippen LogP) is 13.6. The van der Waals surface area contributed by atoms with Crippen molar-refractivity contribution in [3.05, 3.63) is 262 Å². The summed E-state index contributed by atoms with van der Waals surface area (Å²) in [6, 6.07) is 73.1. The maximum absolute atomic E-state index is 6.77. The molecule has 0 amide bonds. The average molecular weight is 744 g/mol. The molecule has 0 aliphatic heterocycles. The molecule has 0 unspecified atom stereocenters. The molecule has 1 spiro atoms. The van der Waals surface area contributed by atoms with Crippen LogP contribution in [0.4, 0.5) is 0 Å². The lowest BCUT2D eigenvalue weighted by Crippen LogP contribution is -2.40. The van der Waals surface area contributed by atoms with Gasteiger partial charge in [0.15, 0.2) is 0 Å². The first-order chi connectivity index (χ1) is 28.4. The first-order valence-corrected chi connectivity index (χ1v) is 20.4. The minimum atomic E-state index is -0.372. The number of hydrogen-bond donors (Lipinski definition) is 1. The van der Waals surface area contributed by atoms with Gasteiger partial charge in [0.1, 0.15) is 0 Å². The Bertz CT molecular complexity index is 2810. The van der Waals surface area contributed by atoms with Crippen molar-refractivity contribution in [3.63, 3.8) is 0 Å². The zero-order chi connectivity index (χ0) is 39.3. The van der Waals surface area contributed by atoms with Crippen LogP contribution in [0.25, 0.3) is 44.7 Å². The molecule has 0 fully saturated rings. The minimum absolute atomic E-state index is 0.104. The Kier molecular flexibility index (Phi) is 8.68. The van der Waals surface area contributed by atoms with E-state index in [-0.39, 0.29) is 10.8 Å². The van der Waals surface area contributed by atoms with Gasteiger partial charge in [-0.05, 0) is 108 Å². The molecule has 2 aliphatic carbocycles. The van der Waals surface area contributed by atoms with E-state index in [2.05, 4.69) is 220 Å². The lowest BCUT2D eigenvalue weighted by atomic mass is 9.55. The SMILES string of the molecule is CC1(C)c2ccccc2C2(c3ccccc3-c3cc(-c4ccc(-c5ccc(/C(N)=C/C(=C\Cc6ccccc6)c6ccccc6)cc5)cc4)ccc32)c2ccccc21. The Morgan fingerprint density at radius 2 is 0.897 bits per heavy atom. The van der Waals surface area contributed by atoms with E-state index in [0.717, 1.165) is 34.4 Å². The van der Waals surface area contributed by atoms with Gasteiger partial charge in [0, 0.05) is 11.1 Å². The van der Waals surface area contributed by atoms with E-state index in [1.54, 1.807) is 0 Å². The first-order valence-electron chi connectivity index (χ1n) is 20.4. The van der Waals surface area contributed by atoms with E-state index < -0.39 is 0 Å². The van der Waals surface area contributed by atoms with Gasteiger partial charge in [0.25, 0.3) is 0 Å². The maximum atomic E-state index is 6.77. The van der Waals surface area contributed by atoms with Crippen molar-refractivity contribution in [2.24, 2.45) is 5.73 Å².